The second-order valence-corrected chi connectivity index (χ2v) is 7.33. The van der Waals surface area contributed by atoms with Gasteiger partial charge in [0, 0.05) is 6.54 Å². The van der Waals surface area contributed by atoms with E-state index in [4.69, 9.17) is 14.6 Å². The Morgan fingerprint density at radius 2 is 1.61 bits per heavy atom. The maximum atomic E-state index is 11.9. The zero-order valence-electron chi connectivity index (χ0n) is 16.2. The van der Waals surface area contributed by atoms with Crippen LogP contribution in [0.15, 0.2) is 30.3 Å². The lowest BCUT2D eigenvalue weighted by molar-refractivity contribution is -0.140. The topological polar surface area (TPSA) is 102 Å². The average Bonchev–Trinajstić information content (AvgIpc) is 2.70. The lowest BCUT2D eigenvalue weighted by Crippen LogP contribution is -2.40. The first kappa shape index (κ1) is 21.7. The van der Waals surface area contributed by atoms with Crippen LogP contribution in [0.2, 0.25) is 0 Å². The highest BCUT2D eigenvalue weighted by atomic mass is 16.5. The van der Waals surface area contributed by atoms with Gasteiger partial charge in [0.15, 0.2) is 0 Å². The number of hydrogen-bond acceptors (Lipinski definition) is 5. The molecule has 0 heterocycles. The first-order valence-electron chi connectivity index (χ1n) is 9.85. The monoisotopic (exact) mass is 391 g/mol. The number of amides is 1. The number of nitrogens with one attached hydrogen (secondary N) is 1. The molecule has 0 atom stereocenters. The van der Waals surface area contributed by atoms with Crippen molar-refractivity contribution >= 4 is 18.0 Å². The smallest absolute Gasteiger partial charge is 0.407 e. The number of carboxylic acid groups (broad SMARTS) is 1. The maximum Gasteiger partial charge on any atom is 0.407 e. The lowest BCUT2D eigenvalue weighted by atomic mass is 9.72. The van der Waals surface area contributed by atoms with Crippen molar-refractivity contribution < 1.29 is 29.0 Å². The second kappa shape index (κ2) is 11.3. The van der Waals surface area contributed by atoms with E-state index in [0.29, 0.717) is 24.9 Å². The number of esters is 1. The van der Waals surface area contributed by atoms with E-state index in [1.54, 1.807) is 24.3 Å². The third kappa shape index (κ3) is 7.58. The first-order chi connectivity index (χ1) is 13.5. The molecule has 2 rings (SSSR count). The summed E-state index contributed by atoms with van der Waals surface area (Å²) >= 11 is 0. The zero-order chi connectivity index (χ0) is 20.2. The van der Waals surface area contributed by atoms with Gasteiger partial charge in [-0.3, -0.25) is 4.79 Å². The molecule has 154 valence electrons. The zero-order valence-corrected chi connectivity index (χ0v) is 16.2. The SMILES string of the molecule is O=C(O)CC1(CNC(=O)OCCCCOC(=O)c2ccccc2)CCCCC1. The third-order valence-corrected chi connectivity index (χ3v) is 5.06. The van der Waals surface area contributed by atoms with E-state index in [9.17, 15) is 14.4 Å². The van der Waals surface area contributed by atoms with Crippen LogP contribution in [-0.2, 0) is 14.3 Å². The molecule has 28 heavy (non-hydrogen) atoms. The van der Waals surface area contributed by atoms with Crippen LogP contribution < -0.4 is 5.32 Å². The molecular weight excluding hydrogens is 362 g/mol. The van der Waals surface area contributed by atoms with E-state index in [2.05, 4.69) is 5.32 Å². The van der Waals surface area contributed by atoms with Crippen LogP contribution in [0.4, 0.5) is 4.79 Å². The average molecular weight is 391 g/mol. The molecule has 2 N–H and O–H groups in total. The van der Waals surface area contributed by atoms with Crippen molar-refractivity contribution in [3.63, 3.8) is 0 Å². The summed E-state index contributed by atoms with van der Waals surface area (Å²) in [7, 11) is 0. The molecule has 1 fully saturated rings. The Hall–Kier alpha value is -2.57. The van der Waals surface area contributed by atoms with Gasteiger partial charge < -0.3 is 19.9 Å². The summed E-state index contributed by atoms with van der Waals surface area (Å²) in [5.74, 6) is -1.20. The van der Waals surface area contributed by atoms with E-state index >= 15 is 0 Å². The number of aliphatic carboxylic acids is 1. The summed E-state index contributed by atoms with van der Waals surface area (Å²) in [6, 6.07) is 8.77. The highest BCUT2D eigenvalue weighted by molar-refractivity contribution is 5.89. The Kier molecular flexibility index (Phi) is 8.78. The molecule has 0 bridgehead atoms. The minimum absolute atomic E-state index is 0.0695. The number of rotatable bonds is 10. The number of carboxylic acids is 1. The van der Waals surface area contributed by atoms with Crippen molar-refractivity contribution in [3.05, 3.63) is 35.9 Å². The predicted octanol–water partition coefficient (Wildman–Crippen LogP) is 3.78. The summed E-state index contributed by atoms with van der Waals surface area (Å²) in [6.45, 7) is 0.813. The highest BCUT2D eigenvalue weighted by Gasteiger charge is 2.34. The fourth-order valence-corrected chi connectivity index (χ4v) is 3.54. The van der Waals surface area contributed by atoms with Gasteiger partial charge in [0.1, 0.15) is 0 Å². The molecule has 0 radical (unpaired) electrons. The minimum atomic E-state index is -0.831. The molecule has 7 heteroatoms. The van der Waals surface area contributed by atoms with Gasteiger partial charge in [0.2, 0.25) is 0 Å². The summed E-state index contributed by atoms with van der Waals surface area (Å²) in [6.07, 6.45) is 5.43. The number of alkyl carbamates (subject to hydrolysis) is 1. The Morgan fingerprint density at radius 1 is 0.964 bits per heavy atom. The number of hydrogen-bond donors (Lipinski definition) is 2. The standard InChI is InChI=1S/C21H29NO6/c23-18(24)15-21(11-5-2-6-12-21)16-22-20(26)28-14-8-7-13-27-19(25)17-9-3-1-4-10-17/h1,3-4,9-10H,2,5-8,11-16H2,(H,22,26)(H,23,24). The molecule has 0 saturated heterocycles. The molecule has 0 spiro atoms. The van der Waals surface area contributed by atoms with Gasteiger partial charge in [-0.2, -0.15) is 0 Å². The largest absolute Gasteiger partial charge is 0.481 e. The fourth-order valence-electron chi connectivity index (χ4n) is 3.54. The second-order valence-electron chi connectivity index (χ2n) is 7.33. The Morgan fingerprint density at radius 3 is 2.25 bits per heavy atom. The van der Waals surface area contributed by atoms with Crippen molar-refractivity contribution in [2.45, 2.75) is 51.4 Å². The molecule has 1 aromatic rings. The number of carbonyl (C=O) groups excluding carboxylic acids is 2. The Balaban J connectivity index is 1.58. The van der Waals surface area contributed by atoms with Crippen molar-refractivity contribution in [2.24, 2.45) is 5.41 Å². The normalized spacial score (nSPS) is 15.4. The van der Waals surface area contributed by atoms with E-state index in [1.165, 1.54) is 0 Å². The molecule has 1 amide bonds. The van der Waals surface area contributed by atoms with Crippen LogP contribution in [0.3, 0.4) is 0 Å². The molecule has 0 unspecified atom stereocenters. The van der Waals surface area contributed by atoms with Crippen LogP contribution in [0.5, 0.6) is 0 Å². The van der Waals surface area contributed by atoms with Gasteiger partial charge in [-0.25, -0.2) is 9.59 Å². The van der Waals surface area contributed by atoms with Gasteiger partial charge in [-0.1, -0.05) is 37.5 Å². The van der Waals surface area contributed by atoms with Crippen LogP contribution in [-0.4, -0.2) is 42.9 Å². The molecule has 1 aliphatic rings. The van der Waals surface area contributed by atoms with Gasteiger partial charge in [-0.05, 0) is 43.2 Å². The van der Waals surface area contributed by atoms with Crippen LogP contribution in [0.25, 0.3) is 0 Å². The number of ether oxygens (including phenoxy) is 2. The Bertz CT molecular complexity index is 640. The minimum Gasteiger partial charge on any atom is -0.481 e. The molecule has 1 aliphatic carbocycles. The molecule has 1 aromatic carbocycles. The van der Waals surface area contributed by atoms with E-state index in [-0.39, 0.29) is 31.0 Å². The summed E-state index contributed by atoms with van der Waals surface area (Å²) in [5.41, 5.74) is 0.144. The number of carbonyl (C=O) groups is 3. The van der Waals surface area contributed by atoms with Crippen LogP contribution in [0.1, 0.15) is 61.7 Å². The van der Waals surface area contributed by atoms with Gasteiger partial charge >= 0.3 is 18.0 Å². The summed E-state index contributed by atoms with van der Waals surface area (Å²) in [5, 5.41) is 11.9. The van der Waals surface area contributed by atoms with Gasteiger partial charge in [0.25, 0.3) is 0 Å². The fraction of sp³-hybridized carbons (Fsp3) is 0.571. The van der Waals surface area contributed by atoms with E-state index in [0.717, 1.165) is 32.1 Å². The van der Waals surface area contributed by atoms with Crippen LogP contribution in [0, 0.1) is 5.41 Å². The van der Waals surface area contributed by atoms with Crippen molar-refractivity contribution in [1.82, 2.24) is 5.32 Å². The van der Waals surface area contributed by atoms with Crippen LogP contribution >= 0.6 is 0 Å². The van der Waals surface area contributed by atoms with Gasteiger partial charge in [-0.15, -0.1) is 0 Å². The van der Waals surface area contributed by atoms with E-state index < -0.39 is 12.1 Å². The highest BCUT2D eigenvalue weighted by Crippen LogP contribution is 2.38. The molecule has 7 nitrogen and oxygen atoms in total. The van der Waals surface area contributed by atoms with Crippen molar-refractivity contribution in [2.75, 3.05) is 19.8 Å². The van der Waals surface area contributed by atoms with E-state index in [1.807, 2.05) is 6.07 Å². The Labute approximate surface area is 165 Å². The maximum absolute atomic E-state index is 11.9. The molecule has 1 saturated carbocycles. The lowest BCUT2D eigenvalue weighted by Gasteiger charge is -2.36. The third-order valence-electron chi connectivity index (χ3n) is 5.06. The molecule has 0 aromatic heterocycles. The number of unbranched alkanes of at least 4 members (excludes halogenated alkanes) is 1. The predicted molar refractivity (Wildman–Crippen MR) is 103 cm³/mol. The van der Waals surface area contributed by atoms with Gasteiger partial charge in [0.05, 0.1) is 25.2 Å². The van der Waals surface area contributed by atoms with Crippen molar-refractivity contribution in [3.8, 4) is 0 Å². The first-order valence-corrected chi connectivity index (χ1v) is 9.85. The number of benzene rings is 1. The summed E-state index contributed by atoms with van der Waals surface area (Å²) < 4.78 is 10.3. The quantitative estimate of drug-likeness (QED) is 0.465. The van der Waals surface area contributed by atoms with Crippen molar-refractivity contribution in [1.29, 1.82) is 0 Å². The molecular formula is C21H29NO6. The summed E-state index contributed by atoms with van der Waals surface area (Å²) in [4.78, 5) is 34.8. The molecule has 0 aliphatic heterocycles.